The summed E-state index contributed by atoms with van der Waals surface area (Å²) in [4.78, 5) is 3.70. The Labute approximate surface area is 79.1 Å². The van der Waals surface area contributed by atoms with E-state index in [9.17, 15) is 0 Å². The first-order valence-corrected chi connectivity index (χ1v) is 3.92. The van der Waals surface area contributed by atoms with Gasteiger partial charge in [-0.2, -0.15) is 4.98 Å². The van der Waals surface area contributed by atoms with Crippen LogP contribution in [0.1, 0.15) is 0 Å². The van der Waals surface area contributed by atoms with Gasteiger partial charge in [0.15, 0.2) is 6.33 Å². The van der Waals surface area contributed by atoms with Crippen LogP contribution in [0.2, 0.25) is 5.02 Å². The minimum Gasteiger partial charge on any atom is -0.410 e. The molecule has 5 heteroatoms. The molecule has 66 valence electrons. The van der Waals surface area contributed by atoms with Gasteiger partial charge < -0.3 is 4.74 Å². The van der Waals surface area contributed by atoms with Crippen molar-refractivity contribution < 1.29 is 9.26 Å². The summed E-state index contributed by atoms with van der Waals surface area (Å²) in [5, 5.41) is 4.05. The lowest BCUT2D eigenvalue weighted by Crippen LogP contribution is -1.82. The van der Waals surface area contributed by atoms with Gasteiger partial charge in [-0.05, 0) is 24.3 Å². The van der Waals surface area contributed by atoms with Crippen LogP contribution in [-0.4, -0.2) is 10.1 Å². The third kappa shape index (κ3) is 1.97. The average Bonchev–Trinajstić information content (AvgIpc) is 2.62. The summed E-state index contributed by atoms with van der Waals surface area (Å²) in [6.07, 6.45) is 1.38. The van der Waals surface area contributed by atoms with Crippen molar-refractivity contribution >= 4 is 11.6 Å². The van der Waals surface area contributed by atoms with Gasteiger partial charge in [0.25, 0.3) is 0 Å². The lowest BCUT2D eigenvalue weighted by molar-refractivity contribution is 0.280. The molecule has 0 spiro atoms. The quantitative estimate of drug-likeness (QED) is 0.741. The van der Waals surface area contributed by atoms with Crippen molar-refractivity contribution in [3.05, 3.63) is 35.6 Å². The zero-order chi connectivity index (χ0) is 9.10. The molecule has 1 heterocycles. The van der Waals surface area contributed by atoms with Gasteiger partial charge in [-0.25, -0.2) is 0 Å². The largest absolute Gasteiger partial charge is 0.422 e. The molecule has 0 bridgehead atoms. The third-order valence-electron chi connectivity index (χ3n) is 1.36. The Morgan fingerprint density at radius 1 is 1.23 bits per heavy atom. The highest BCUT2D eigenvalue weighted by atomic mass is 35.5. The highest BCUT2D eigenvalue weighted by Crippen LogP contribution is 2.20. The maximum absolute atomic E-state index is 5.69. The lowest BCUT2D eigenvalue weighted by Gasteiger charge is -1.98. The summed E-state index contributed by atoms with van der Waals surface area (Å²) in [5.41, 5.74) is 0. The van der Waals surface area contributed by atoms with E-state index in [-0.39, 0.29) is 6.08 Å². The second-order valence-electron chi connectivity index (χ2n) is 2.26. The maximum Gasteiger partial charge on any atom is 0.422 e. The molecule has 0 amide bonds. The average molecular weight is 197 g/mol. The van der Waals surface area contributed by atoms with Gasteiger partial charge in [-0.1, -0.05) is 16.8 Å². The molecule has 13 heavy (non-hydrogen) atoms. The van der Waals surface area contributed by atoms with E-state index < -0.39 is 0 Å². The molecule has 0 saturated heterocycles. The fraction of sp³-hybridized carbons (Fsp3) is 0. The third-order valence-corrected chi connectivity index (χ3v) is 1.61. The van der Waals surface area contributed by atoms with Gasteiger partial charge in [0.05, 0.1) is 0 Å². The van der Waals surface area contributed by atoms with E-state index in [1.807, 2.05) is 0 Å². The van der Waals surface area contributed by atoms with Crippen molar-refractivity contribution in [2.75, 3.05) is 0 Å². The molecule has 0 N–H and O–H groups in total. The molecule has 1 aromatic heterocycles. The fourth-order valence-electron chi connectivity index (χ4n) is 0.811. The normalized spacial score (nSPS) is 9.92. The first kappa shape index (κ1) is 8.07. The summed E-state index contributed by atoms with van der Waals surface area (Å²) in [5.74, 6) is 0.605. The van der Waals surface area contributed by atoms with Crippen LogP contribution in [0.15, 0.2) is 35.1 Å². The molecule has 0 aliphatic heterocycles. The SMILES string of the molecule is Clc1ccc(Oc2ncno2)cc1. The molecule has 0 fully saturated rings. The Bertz CT molecular complexity index is 372. The van der Waals surface area contributed by atoms with E-state index in [2.05, 4.69) is 14.7 Å². The van der Waals surface area contributed by atoms with Crippen LogP contribution in [0.25, 0.3) is 0 Å². The molecule has 0 saturated carbocycles. The fourth-order valence-corrected chi connectivity index (χ4v) is 0.937. The first-order valence-electron chi connectivity index (χ1n) is 3.55. The van der Waals surface area contributed by atoms with Crippen molar-refractivity contribution in [2.45, 2.75) is 0 Å². The monoisotopic (exact) mass is 196 g/mol. The van der Waals surface area contributed by atoms with Crippen molar-refractivity contribution in [3.63, 3.8) is 0 Å². The second-order valence-corrected chi connectivity index (χ2v) is 2.70. The topological polar surface area (TPSA) is 48.2 Å². The molecule has 0 unspecified atom stereocenters. The molecular formula is C8H5ClN2O2. The molecule has 4 nitrogen and oxygen atoms in total. The maximum atomic E-state index is 5.69. The van der Waals surface area contributed by atoms with Crippen LogP contribution >= 0.6 is 11.6 Å². The summed E-state index contributed by atoms with van der Waals surface area (Å²) < 4.78 is 9.83. The van der Waals surface area contributed by atoms with E-state index in [0.717, 1.165) is 0 Å². The minimum absolute atomic E-state index is 0.113. The first-order chi connectivity index (χ1) is 6.34. The molecule has 2 aromatic rings. The Hall–Kier alpha value is -1.55. The molecule has 1 aromatic carbocycles. The Kier molecular flexibility index (Phi) is 2.14. The Morgan fingerprint density at radius 3 is 2.62 bits per heavy atom. The summed E-state index contributed by atoms with van der Waals surface area (Å²) in [6, 6.07) is 6.86. The zero-order valence-corrected chi connectivity index (χ0v) is 7.23. The molecular weight excluding hydrogens is 192 g/mol. The number of rotatable bonds is 2. The molecule has 0 atom stereocenters. The summed E-state index contributed by atoms with van der Waals surface area (Å²) in [6.45, 7) is 0. The van der Waals surface area contributed by atoms with Crippen LogP contribution in [-0.2, 0) is 0 Å². The van der Waals surface area contributed by atoms with Crippen molar-refractivity contribution in [1.82, 2.24) is 10.1 Å². The van der Waals surface area contributed by atoms with Gasteiger partial charge in [-0.3, -0.25) is 4.52 Å². The van der Waals surface area contributed by atoms with Crippen molar-refractivity contribution in [3.8, 4) is 11.8 Å². The standard InChI is InChI=1S/C8H5ClN2O2/c9-6-1-3-7(4-2-6)12-8-10-5-11-13-8/h1-5H. The molecule has 0 aliphatic carbocycles. The molecule has 2 rings (SSSR count). The number of hydrogen-bond acceptors (Lipinski definition) is 4. The number of hydrogen-bond donors (Lipinski definition) is 0. The van der Waals surface area contributed by atoms with E-state index >= 15 is 0 Å². The number of ether oxygens (including phenoxy) is 1. The van der Waals surface area contributed by atoms with Crippen LogP contribution in [0.3, 0.4) is 0 Å². The highest BCUT2D eigenvalue weighted by molar-refractivity contribution is 6.30. The lowest BCUT2D eigenvalue weighted by atomic mass is 10.3. The van der Waals surface area contributed by atoms with Crippen LogP contribution in [0, 0.1) is 0 Å². The Balaban J connectivity index is 2.15. The van der Waals surface area contributed by atoms with Gasteiger partial charge in [0, 0.05) is 5.02 Å². The van der Waals surface area contributed by atoms with Crippen LogP contribution in [0.5, 0.6) is 11.8 Å². The Morgan fingerprint density at radius 2 is 2.00 bits per heavy atom. The van der Waals surface area contributed by atoms with Crippen molar-refractivity contribution in [2.24, 2.45) is 0 Å². The molecule has 0 radical (unpaired) electrons. The van der Waals surface area contributed by atoms with Crippen LogP contribution in [0.4, 0.5) is 0 Å². The molecule has 0 aliphatic rings. The number of halogens is 1. The van der Waals surface area contributed by atoms with E-state index in [1.54, 1.807) is 24.3 Å². The van der Waals surface area contributed by atoms with Gasteiger partial charge in [0.1, 0.15) is 5.75 Å². The van der Waals surface area contributed by atoms with Gasteiger partial charge in [-0.15, -0.1) is 0 Å². The summed E-state index contributed by atoms with van der Waals surface area (Å²) in [7, 11) is 0. The van der Waals surface area contributed by atoms with E-state index in [4.69, 9.17) is 16.3 Å². The summed E-state index contributed by atoms with van der Waals surface area (Å²) >= 11 is 5.69. The number of benzene rings is 1. The van der Waals surface area contributed by atoms with Crippen LogP contribution < -0.4 is 4.74 Å². The second kappa shape index (κ2) is 3.45. The minimum atomic E-state index is 0.113. The van der Waals surface area contributed by atoms with Gasteiger partial charge in [0.2, 0.25) is 0 Å². The predicted molar refractivity (Wildman–Crippen MR) is 45.8 cm³/mol. The van der Waals surface area contributed by atoms with E-state index in [1.165, 1.54) is 6.33 Å². The smallest absolute Gasteiger partial charge is 0.410 e. The van der Waals surface area contributed by atoms with Gasteiger partial charge >= 0.3 is 6.08 Å². The van der Waals surface area contributed by atoms with E-state index in [0.29, 0.717) is 10.8 Å². The highest BCUT2D eigenvalue weighted by Gasteiger charge is 2.00. The predicted octanol–water partition coefficient (Wildman–Crippen LogP) is 2.52. The number of nitrogens with zero attached hydrogens (tertiary/aromatic N) is 2. The zero-order valence-electron chi connectivity index (χ0n) is 6.48. The number of aromatic nitrogens is 2. The van der Waals surface area contributed by atoms with Crippen molar-refractivity contribution in [1.29, 1.82) is 0 Å².